The van der Waals surface area contributed by atoms with Gasteiger partial charge in [0.05, 0.1) is 5.69 Å². The molecule has 0 saturated heterocycles. The average Bonchev–Trinajstić information content (AvgIpc) is 2.68. The lowest BCUT2D eigenvalue weighted by atomic mass is 10.1. The zero-order chi connectivity index (χ0) is 17.6. The van der Waals surface area contributed by atoms with E-state index < -0.39 is 11.9 Å². The number of hydrogen-bond acceptors (Lipinski definition) is 4. The molecular weight excluding hydrogens is 316 g/mol. The Bertz CT molecular complexity index is 880. The Morgan fingerprint density at radius 3 is 2.40 bits per heavy atom. The molecule has 0 radical (unpaired) electrons. The van der Waals surface area contributed by atoms with E-state index in [1.807, 2.05) is 6.07 Å². The van der Waals surface area contributed by atoms with Gasteiger partial charge in [0.1, 0.15) is 0 Å². The van der Waals surface area contributed by atoms with Crippen LogP contribution < -0.4 is 4.57 Å². The number of benzene rings is 1. The Labute approximate surface area is 145 Å². The summed E-state index contributed by atoms with van der Waals surface area (Å²) in [4.78, 5) is 29.1. The summed E-state index contributed by atoms with van der Waals surface area (Å²) in [6, 6.07) is 18.9. The topological polar surface area (TPSA) is 71.1 Å². The van der Waals surface area contributed by atoms with Gasteiger partial charge in [-0.05, 0) is 18.2 Å². The van der Waals surface area contributed by atoms with Gasteiger partial charge >= 0.3 is 0 Å². The summed E-state index contributed by atoms with van der Waals surface area (Å²) in [7, 11) is 0. The van der Waals surface area contributed by atoms with Crippen molar-refractivity contribution in [3.8, 4) is 0 Å². The van der Waals surface area contributed by atoms with Gasteiger partial charge in [-0.25, -0.2) is 0 Å². The molecule has 5 heteroatoms. The second-order valence-electron chi connectivity index (χ2n) is 5.52. The van der Waals surface area contributed by atoms with Crippen LogP contribution in [-0.2, 0) is 6.54 Å². The fraction of sp³-hybridized carbons (Fsp3) is 0.100. The van der Waals surface area contributed by atoms with E-state index in [0.29, 0.717) is 5.56 Å². The van der Waals surface area contributed by atoms with E-state index in [-0.39, 0.29) is 23.7 Å². The lowest BCUT2D eigenvalue weighted by Gasteiger charge is -2.08. The zero-order valence-electron chi connectivity index (χ0n) is 13.4. The lowest BCUT2D eigenvalue weighted by molar-refractivity contribution is -0.685. The van der Waals surface area contributed by atoms with Gasteiger partial charge in [-0.1, -0.05) is 36.4 Å². The van der Waals surface area contributed by atoms with Crippen molar-refractivity contribution >= 4 is 11.6 Å². The van der Waals surface area contributed by atoms with Gasteiger partial charge in [0.2, 0.25) is 12.3 Å². The van der Waals surface area contributed by atoms with Crippen LogP contribution in [0.4, 0.5) is 0 Å². The number of hydrogen-bond donors (Lipinski definition) is 1. The van der Waals surface area contributed by atoms with Gasteiger partial charge in [0.15, 0.2) is 12.3 Å². The number of aliphatic hydroxyl groups excluding tert-OH is 1. The van der Waals surface area contributed by atoms with Gasteiger partial charge in [-0.2, -0.15) is 4.57 Å². The van der Waals surface area contributed by atoms with Gasteiger partial charge in [0, 0.05) is 23.9 Å². The molecule has 124 valence electrons. The number of carbonyl (C=O) groups excluding carboxylic acids is 2. The second kappa shape index (κ2) is 7.59. The van der Waals surface area contributed by atoms with Gasteiger partial charge in [-0.3, -0.25) is 14.6 Å². The van der Waals surface area contributed by atoms with Crippen LogP contribution in [0.3, 0.4) is 0 Å². The van der Waals surface area contributed by atoms with Gasteiger partial charge < -0.3 is 5.11 Å². The minimum absolute atomic E-state index is 0.0147. The molecule has 0 fully saturated rings. The normalized spacial score (nSPS) is 11.7. The molecule has 3 aromatic rings. The summed E-state index contributed by atoms with van der Waals surface area (Å²) in [5.41, 5.74) is 1.10. The Hall–Kier alpha value is -3.18. The SMILES string of the molecule is O=C(C[n+]1ccccc1C(=O)C(O)c1ccccn1)c1ccccc1. The molecular formula is C20H17N2O3+. The highest BCUT2D eigenvalue weighted by Gasteiger charge is 2.28. The van der Waals surface area contributed by atoms with Crippen LogP contribution >= 0.6 is 0 Å². The van der Waals surface area contributed by atoms with Crippen LogP contribution in [0.1, 0.15) is 32.6 Å². The Balaban J connectivity index is 1.86. The monoisotopic (exact) mass is 333 g/mol. The fourth-order valence-corrected chi connectivity index (χ4v) is 2.52. The third-order valence-electron chi connectivity index (χ3n) is 3.82. The number of carbonyl (C=O) groups is 2. The van der Waals surface area contributed by atoms with E-state index in [4.69, 9.17) is 0 Å². The highest BCUT2D eigenvalue weighted by Crippen LogP contribution is 2.14. The smallest absolute Gasteiger partial charge is 0.260 e. The molecule has 1 unspecified atom stereocenters. The molecule has 1 atom stereocenters. The van der Waals surface area contributed by atoms with Gasteiger partial charge in [-0.15, -0.1) is 0 Å². The average molecular weight is 333 g/mol. The molecule has 0 aliphatic carbocycles. The molecule has 2 aromatic heterocycles. The van der Waals surface area contributed by atoms with Crippen molar-refractivity contribution in [2.24, 2.45) is 0 Å². The van der Waals surface area contributed by atoms with E-state index in [9.17, 15) is 14.7 Å². The molecule has 5 nitrogen and oxygen atoms in total. The fourth-order valence-electron chi connectivity index (χ4n) is 2.52. The molecule has 0 amide bonds. The maximum absolute atomic E-state index is 12.7. The number of Topliss-reactive ketones (excluding diaryl/α,β-unsaturated/α-hetero) is 2. The quantitative estimate of drug-likeness (QED) is 0.554. The molecule has 2 heterocycles. The first kappa shape index (κ1) is 16.7. The largest absolute Gasteiger partial charge is 0.378 e. The zero-order valence-corrected chi connectivity index (χ0v) is 13.4. The summed E-state index contributed by atoms with van der Waals surface area (Å²) in [5.74, 6) is -0.613. The molecule has 0 spiro atoms. The summed E-state index contributed by atoms with van der Waals surface area (Å²) in [6.07, 6.45) is 1.80. The van der Waals surface area contributed by atoms with Crippen molar-refractivity contribution in [3.63, 3.8) is 0 Å². The number of nitrogens with zero attached hydrogens (tertiary/aromatic N) is 2. The minimum Gasteiger partial charge on any atom is -0.378 e. The van der Waals surface area contributed by atoms with E-state index >= 15 is 0 Å². The molecule has 3 rings (SSSR count). The van der Waals surface area contributed by atoms with Gasteiger partial charge in [0.25, 0.3) is 11.5 Å². The number of aliphatic hydroxyl groups is 1. The Kier molecular flexibility index (Phi) is 5.06. The first-order valence-electron chi connectivity index (χ1n) is 7.87. The molecule has 0 saturated carbocycles. The first-order valence-corrected chi connectivity index (χ1v) is 7.87. The van der Waals surface area contributed by atoms with Crippen molar-refractivity contribution in [1.29, 1.82) is 0 Å². The maximum atomic E-state index is 12.7. The standard InChI is InChI=1S/C20H17N2O3/c23-18(15-8-2-1-3-9-15)14-22-13-7-5-11-17(22)20(25)19(24)16-10-4-6-12-21-16/h1-13,19,24H,14H2/q+1. The van der Waals surface area contributed by atoms with Crippen LogP contribution in [0, 0.1) is 0 Å². The van der Waals surface area contributed by atoms with Crippen LogP contribution in [0.15, 0.2) is 79.1 Å². The minimum atomic E-state index is -1.37. The van der Waals surface area contributed by atoms with Crippen molar-refractivity contribution in [1.82, 2.24) is 4.98 Å². The third kappa shape index (κ3) is 3.84. The Morgan fingerprint density at radius 2 is 1.68 bits per heavy atom. The van der Waals surface area contributed by atoms with Crippen LogP contribution in [-0.4, -0.2) is 21.7 Å². The predicted octanol–water partition coefficient (Wildman–Crippen LogP) is 2.17. The van der Waals surface area contributed by atoms with E-state index in [2.05, 4.69) is 4.98 Å². The molecule has 25 heavy (non-hydrogen) atoms. The van der Waals surface area contributed by atoms with Crippen LogP contribution in [0.2, 0.25) is 0 Å². The lowest BCUT2D eigenvalue weighted by Crippen LogP contribution is -2.44. The number of pyridine rings is 2. The summed E-state index contributed by atoms with van der Waals surface area (Å²) in [6.45, 7) is 0.0147. The van der Waals surface area contributed by atoms with E-state index in [0.717, 1.165) is 0 Å². The van der Waals surface area contributed by atoms with Crippen molar-refractivity contribution in [2.75, 3.05) is 0 Å². The van der Waals surface area contributed by atoms with E-state index in [1.165, 1.54) is 6.20 Å². The number of ketones is 2. The van der Waals surface area contributed by atoms with Crippen molar-refractivity contribution in [2.45, 2.75) is 12.6 Å². The highest BCUT2D eigenvalue weighted by molar-refractivity contribution is 5.97. The number of rotatable bonds is 6. The number of aromatic nitrogens is 2. The second-order valence-corrected chi connectivity index (χ2v) is 5.52. The van der Waals surface area contributed by atoms with Crippen LogP contribution in [0.25, 0.3) is 0 Å². The van der Waals surface area contributed by atoms with Crippen LogP contribution in [0.5, 0.6) is 0 Å². The molecule has 0 bridgehead atoms. The predicted molar refractivity (Wildman–Crippen MR) is 90.9 cm³/mol. The molecule has 1 aromatic carbocycles. The summed E-state index contributed by atoms with van der Waals surface area (Å²) in [5, 5.41) is 10.3. The summed E-state index contributed by atoms with van der Waals surface area (Å²) >= 11 is 0. The highest BCUT2D eigenvalue weighted by atomic mass is 16.3. The third-order valence-corrected chi connectivity index (χ3v) is 3.82. The Morgan fingerprint density at radius 1 is 0.960 bits per heavy atom. The maximum Gasteiger partial charge on any atom is 0.260 e. The summed E-state index contributed by atoms with van der Waals surface area (Å²) < 4.78 is 1.55. The molecule has 0 aliphatic heterocycles. The molecule has 1 N–H and O–H groups in total. The van der Waals surface area contributed by atoms with Crippen molar-refractivity contribution in [3.05, 3.63) is 96.1 Å². The van der Waals surface area contributed by atoms with E-state index in [1.54, 1.807) is 71.4 Å². The van der Waals surface area contributed by atoms with Crippen molar-refractivity contribution < 1.29 is 19.3 Å². The molecule has 0 aliphatic rings. The first-order chi connectivity index (χ1) is 12.2.